The van der Waals surface area contributed by atoms with E-state index in [4.69, 9.17) is 0 Å². The maximum absolute atomic E-state index is 12.5. The Morgan fingerprint density at radius 2 is 2.04 bits per heavy atom. The fourth-order valence-corrected chi connectivity index (χ4v) is 5.54. The van der Waals surface area contributed by atoms with Crippen LogP contribution in [0.15, 0.2) is 6.07 Å². The average molecular weight is 339 g/mol. The summed E-state index contributed by atoms with van der Waals surface area (Å²) >= 11 is 0. The predicted octanol–water partition coefficient (Wildman–Crippen LogP) is 1.78. The van der Waals surface area contributed by atoms with Crippen molar-refractivity contribution >= 4 is 15.7 Å². The fraction of sp³-hybridized carbons (Fsp3) is 0.750. The van der Waals surface area contributed by atoms with Crippen LogP contribution >= 0.6 is 0 Å². The van der Waals surface area contributed by atoms with Gasteiger partial charge in [-0.15, -0.1) is 0 Å². The molecule has 1 aliphatic carbocycles. The molecule has 0 aromatic carbocycles. The van der Waals surface area contributed by atoms with E-state index < -0.39 is 9.84 Å². The standard InChI is InChI=1S/C16H25N3O3S/c1-12-9-15(18-17-12)13-5-4-8-19(10-13)16(20)11-23(21,22)14-6-2-3-7-14/h9,13-14H,2-8,10-11H2,1H3,(H,17,18)/t13-/m0/s1. The minimum atomic E-state index is -3.30. The van der Waals surface area contributed by atoms with Crippen LogP contribution in [-0.4, -0.2) is 53.5 Å². The first-order valence-electron chi connectivity index (χ1n) is 8.47. The second-order valence-corrected chi connectivity index (χ2v) is 9.15. The molecule has 2 aliphatic rings. The zero-order chi connectivity index (χ0) is 16.4. The maximum Gasteiger partial charge on any atom is 0.237 e. The number of hydrogen-bond donors (Lipinski definition) is 1. The highest BCUT2D eigenvalue weighted by molar-refractivity contribution is 7.92. The third kappa shape index (κ3) is 3.76. The lowest BCUT2D eigenvalue weighted by Gasteiger charge is -2.32. The van der Waals surface area contributed by atoms with Crippen LogP contribution < -0.4 is 0 Å². The fourth-order valence-electron chi connectivity index (χ4n) is 3.72. The van der Waals surface area contributed by atoms with Crippen LogP contribution in [0.4, 0.5) is 0 Å². The van der Waals surface area contributed by atoms with Crippen LogP contribution in [0.1, 0.15) is 55.8 Å². The van der Waals surface area contributed by atoms with E-state index in [-0.39, 0.29) is 22.8 Å². The van der Waals surface area contributed by atoms with Gasteiger partial charge in [0.05, 0.1) is 10.9 Å². The molecule has 1 saturated carbocycles. The van der Waals surface area contributed by atoms with Gasteiger partial charge in [0.15, 0.2) is 9.84 Å². The summed E-state index contributed by atoms with van der Waals surface area (Å²) in [7, 11) is -3.30. The molecule has 1 atom stereocenters. The van der Waals surface area contributed by atoms with Crippen molar-refractivity contribution in [1.82, 2.24) is 15.1 Å². The Labute approximate surface area is 137 Å². The Balaban J connectivity index is 1.63. The van der Waals surface area contributed by atoms with Crippen molar-refractivity contribution < 1.29 is 13.2 Å². The minimum absolute atomic E-state index is 0.201. The largest absolute Gasteiger partial charge is 0.341 e. The third-order valence-electron chi connectivity index (χ3n) is 5.05. The second kappa shape index (κ2) is 6.63. The molecule has 2 fully saturated rings. The first kappa shape index (κ1) is 16.5. The molecule has 1 aliphatic heterocycles. The number of carbonyl (C=O) groups is 1. The maximum atomic E-state index is 12.5. The van der Waals surface area contributed by atoms with Gasteiger partial charge in [0.2, 0.25) is 5.91 Å². The van der Waals surface area contributed by atoms with Gasteiger partial charge in [0.25, 0.3) is 0 Å². The number of nitrogens with one attached hydrogen (secondary N) is 1. The molecule has 23 heavy (non-hydrogen) atoms. The van der Waals surface area contributed by atoms with E-state index in [0.29, 0.717) is 25.9 Å². The van der Waals surface area contributed by atoms with Gasteiger partial charge in [-0.25, -0.2) is 8.42 Å². The summed E-state index contributed by atoms with van der Waals surface area (Å²) in [5.74, 6) is -0.370. The number of nitrogens with zero attached hydrogens (tertiary/aromatic N) is 2. The zero-order valence-corrected chi connectivity index (χ0v) is 14.4. The molecule has 1 N–H and O–H groups in total. The lowest BCUT2D eigenvalue weighted by molar-refractivity contribution is -0.129. The molecule has 0 bridgehead atoms. The molecule has 2 heterocycles. The Bertz CT molecular complexity index is 662. The highest BCUT2D eigenvalue weighted by atomic mass is 32.2. The van der Waals surface area contributed by atoms with E-state index in [1.807, 2.05) is 13.0 Å². The molecule has 0 unspecified atom stereocenters. The molecule has 6 nitrogen and oxygen atoms in total. The monoisotopic (exact) mass is 339 g/mol. The lowest BCUT2D eigenvalue weighted by atomic mass is 9.94. The summed E-state index contributed by atoms with van der Waals surface area (Å²) in [5, 5.41) is 6.92. The number of aryl methyl sites for hydroxylation is 1. The molecule has 3 rings (SSSR count). The Morgan fingerprint density at radius 3 is 2.70 bits per heavy atom. The number of H-pyrrole nitrogens is 1. The van der Waals surface area contributed by atoms with Gasteiger partial charge in [0.1, 0.15) is 5.75 Å². The highest BCUT2D eigenvalue weighted by Crippen LogP contribution is 2.28. The van der Waals surface area contributed by atoms with E-state index >= 15 is 0 Å². The number of likely N-dealkylation sites (tertiary alicyclic amines) is 1. The smallest absolute Gasteiger partial charge is 0.237 e. The molecule has 0 spiro atoms. The van der Waals surface area contributed by atoms with Crippen LogP contribution in [0, 0.1) is 6.92 Å². The summed E-state index contributed by atoms with van der Waals surface area (Å²) in [6, 6.07) is 2.01. The molecule has 128 valence electrons. The second-order valence-electron chi connectivity index (χ2n) is 6.87. The third-order valence-corrected chi connectivity index (χ3v) is 7.19. The minimum Gasteiger partial charge on any atom is -0.341 e. The van der Waals surface area contributed by atoms with Crippen molar-refractivity contribution in [2.45, 2.75) is 56.6 Å². The number of carbonyl (C=O) groups excluding carboxylic acids is 1. The molecule has 1 amide bonds. The number of aromatic amines is 1. The van der Waals surface area contributed by atoms with Crippen LogP contribution in [0.2, 0.25) is 0 Å². The highest BCUT2D eigenvalue weighted by Gasteiger charge is 2.33. The number of aromatic nitrogens is 2. The van der Waals surface area contributed by atoms with E-state index in [2.05, 4.69) is 10.2 Å². The van der Waals surface area contributed by atoms with Crippen molar-refractivity contribution in [1.29, 1.82) is 0 Å². The van der Waals surface area contributed by atoms with E-state index in [1.54, 1.807) is 4.90 Å². The van der Waals surface area contributed by atoms with E-state index in [0.717, 1.165) is 37.1 Å². The lowest BCUT2D eigenvalue weighted by Crippen LogP contribution is -2.43. The number of amides is 1. The Hall–Kier alpha value is -1.37. The van der Waals surface area contributed by atoms with Gasteiger partial charge >= 0.3 is 0 Å². The van der Waals surface area contributed by atoms with Crippen molar-refractivity contribution in [2.24, 2.45) is 0 Å². The van der Waals surface area contributed by atoms with Crippen molar-refractivity contribution in [3.05, 3.63) is 17.5 Å². The van der Waals surface area contributed by atoms with Crippen LogP contribution in [0.3, 0.4) is 0 Å². The van der Waals surface area contributed by atoms with Gasteiger partial charge in [-0.3, -0.25) is 9.89 Å². The van der Waals surface area contributed by atoms with Crippen molar-refractivity contribution in [3.63, 3.8) is 0 Å². The predicted molar refractivity (Wildman–Crippen MR) is 87.9 cm³/mol. The number of rotatable bonds is 4. The first-order chi connectivity index (χ1) is 11.0. The molecule has 1 aromatic rings. The zero-order valence-electron chi connectivity index (χ0n) is 13.6. The summed E-state index contributed by atoms with van der Waals surface area (Å²) in [5.41, 5.74) is 1.98. The number of sulfone groups is 1. The average Bonchev–Trinajstić information content (AvgIpc) is 3.18. The summed E-state index contributed by atoms with van der Waals surface area (Å²) in [4.78, 5) is 14.2. The molecule has 0 radical (unpaired) electrons. The Morgan fingerprint density at radius 1 is 1.30 bits per heavy atom. The molecular weight excluding hydrogens is 314 g/mol. The molecule has 1 aromatic heterocycles. The van der Waals surface area contributed by atoms with E-state index in [9.17, 15) is 13.2 Å². The molecule has 7 heteroatoms. The normalized spacial score (nSPS) is 23.3. The summed E-state index contributed by atoms with van der Waals surface area (Å²) in [6.45, 7) is 3.18. The van der Waals surface area contributed by atoms with Crippen molar-refractivity contribution in [2.75, 3.05) is 18.8 Å². The summed E-state index contributed by atoms with van der Waals surface area (Å²) < 4.78 is 24.8. The van der Waals surface area contributed by atoms with E-state index in [1.165, 1.54) is 0 Å². The van der Waals surface area contributed by atoms with Gasteiger partial charge in [0, 0.05) is 24.7 Å². The SMILES string of the molecule is Cc1cc([C@H]2CCCN(C(=O)CS(=O)(=O)C3CCCC3)C2)n[nH]1. The number of hydrogen-bond acceptors (Lipinski definition) is 4. The summed E-state index contributed by atoms with van der Waals surface area (Å²) in [6.07, 6.45) is 5.23. The number of piperidine rings is 1. The first-order valence-corrected chi connectivity index (χ1v) is 10.2. The van der Waals surface area contributed by atoms with Gasteiger partial charge < -0.3 is 4.90 Å². The topological polar surface area (TPSA) is 83.1 Å². The van der Waals surface area contributed by atoms with Gasteiger partial charge in [-0.2, -0.15) is 5.10 Å². The molecular formula is C16H25N3O3S. The van der Waals surface area contributed by atoms with Gasteiger partial charge in [-0.05, 0) is 38.7 Å². The molecule has 1 saturated heterocycles. The van der Waals surface area contributed by atoms with Crippen molar-refractivity contribution in [3.8, 4) is 0 Å². The Kier molecular flexibility index (Phi) is 4.75. The van der Waals surface area contributed by atoms with Crippen LogP contribution in [0.25, 0.3) is 0 Å². The van der Waals surface area contributed by atoms with Crippen LogP contribution in [0.5, 0.6) is 0 Å². The van der Waals surface area contributed by atoms with Crippen LogP contribution in [-0.2, 0) is 14.6 Å². The quantitative estimate of drug-likeness (QED) is 0.906. The van der Waals surface area contributed by atoms with Gasteiger partial charge in [-0.1, -0.05) is 12.8 Å².